The van der Waals surface area contributed by atoms with Crippen LogP contribution >= 0.6 is 0 Å². The van der Waals surface area contributed by atoms with Crippen molar-refractivity contribution in [3.63, 3.8) is 0 Å². The maximum absolute atomic E-state index is 12.9. The Kier molecular flexibility index (Phi) is 4.48. The fourth-order valence-corrected chi connectivity index (χ4v) is 2.61. The third kappa shape index (κ3) is 3.50. The molecule has 130 valence electrons. The molecule has 3 aromatic rings. The van der Waals surface area contributed by atoms with E-state index in [9.17, 15) is 18.0 Å². The summed E-state index contributed by atoms with van der Waals surface area (Å²) in [5.41, 5.74) is 0.638. The summed E-state index contributed by atoms with van der Waals surface area (Å²) in [4.78, 5) is 15.9. The smallest absolute Gasteiger partial charge is 0.433 e. The zero-order chi connectivity index (χ0) is 18.0. The number of fused-ring (bicyclic) bond motifs is 1. The molecule has 0 unspecified atom stereocenters. The topological polar surface area (TPSA) is 44.1 Å². The molecule has 0 aliphatic rings. The lowest BCUT2D eigenvalue weighted by molar-refractivity contribution is -0.140. The van der Waals surface area contributed by atoms with Gasteiger partial charge in [0.2, 0.25) is 0 Å². The van der Waals surface area contributed by atoms with Crippen LogP contribution in [0.2, 0.25) is 0 Å². The van der Waals surface area contributed by atoms with Gasteiger partial charge in [0.1, 0.15) is 11.4 Å². The molecule has 0 bridgehead atoms. The number of rotatable bonds is 4. The predicted molar refractivity (Wildman–Crippen MR) is 86.2 cm³/mol. The minimum Gasteiger partial charge on any atom is -0.461 e. The Morgan fingerprint density at radius 1 is 1.16 bits per heavy atom. The first-order valence-corrected chi connectivity index (χ1v) is 7.68. The Balaban J connectivity index is 2.13. The summed E-state index contributed by atoms with van der Waals surface area (Å²) in [6.45, 7) is 2.17. The molecular weight excluding hydrogens is 333 g/mol. The first-order valence-electron chi connectivity index (χ1n) is 7.68. The molecule has 0 atom stereocenters. The van der Waals surface area contributed by atoms with Crippen LogP contribution in [0.25, 0.3) is 11.0 Å². The van der Waals surface area contributed by atoms with Crippen molar-refractivity contribution in [2.24, 2.45) is 0 Å². The molecular formula is C18H15F3N2O2. The van der Waals surface area contributed by atoms with Gasteiger partial charge in [0.05, 0.1) is 17.6 Å². The van der Waals surface area contributed by atoms with E-state index in [1.807, 2.05) is 30.3 Å². The van der Waals surface area contributed by atoms with Gasteiger partial charge in [-0.2, -0.15) is 13.2 Å². The zero-order valence-corrected chi connectivity index (χ0v) is 13.4. The molecule has 0 saturated heterocycles. The van der Waals surface area contributed by atoms with E-state index in [1.54, 1.807) is 11.5 Å². The molecule has 4 nitrogen and oxygen atoms in total. The Morgan fingerprint density at radius 3 is 2.52 bits per heavy atom. The molecule has 2 heterocycles. The number of pyridine rings is 1. The normalized spacial score (nSPS) is 11.7. The SMILES string of the molecule is CCOC(=O)c1cc2nc(C(F)(F)F)ccc2n1Cc1ccccc1. The minimum atomic E-state index is -4.54. The van der Waals surface area contributed by atoms with Gasteiger partial charge in [0, 0.05) is 6.54 Å². The highest BCUT2D eigenvalue weighted by Gasteiger charge is 2.33. The van der Waals surface area contributed by atoms with E-state index in [0.717, 1.165) is 11.6 Å². The van der Waals surface area contributed by atoms with Gasteiger partial charge < -0.3 is 9.30 Å². The Labute approximate surface area is 141 Å². The summed E-state index contributed by atoms with van der Waals surface area (Å²) in [6, 6.07) is 12.9. The van der Waals surface area contributed by atoms with Crippen LogP contribution < -0.4 is 0 Å². The van der Waals surface area contributed by atoms with Crippen LogP contribution in [0.1, 0.15) is 28.7 Å². The average molecular weight is 348 g/mol. The highest BCUT2D eigenvalue weighted by molar-refractivity contribution is 5.94. The van der Waals surface area contributed by atoms with E-state index in [1.165, 1.54) is 12.1 Å². The van der Waals surface area contributed by atoms with Crippen LogP contribution in [0.5, 0.6) is 0 Å². The minimum absolute atomic E-state index is 0.105. The second kappa shape index (κ2) is 6.58. The summed E-state index contributed by atoms with van der Waals surface area (Å²) in [5, 5.41) is 0. The molecule has 1 aromatic carbocycles. The number of ether oxygens (including phenoxy) is 1. The number of halogens is 3. The van der Waals surface area contributed by atoms with Gasteiger partial charge in [-0.25, -0.2) is 9.78 Å². The number of hydrogen-bond acceptors (Lipinski definition) is 3. The molecule has 0 amide bonds. The molecule has 0 fully saturated rings. The first-order chi connectivity index (χ1) is 11.9. The quantitative estimate of drug-likeness (QED) is 0.661. The van der Waals surface area contributed by atoms with Crippen LogP contribution in [0, 0.1) is 0 Å². The highest BCUT2D eigenvalue weighted by Crippen LogP contribution is 2.30. The lowest BCUT2D eigenvalue weighted by atomic mass is 10.2. The highest BCUT2D eigenvalue weighted by atomic mass is 19.4. The lowest BCUT2D eigenvalue weighted by Crippen LogP contribution is -2.13. The molecule has 0 aliphatic carbocycles. The van der Waals surface area contributed by atoms with Gasteiger partial charge in [-0.15, -0.1) is 0 Å². The Hall–Kier alpha value is -2.83. The van der Waals surface area contributed by atoms with Crippen LogP contribution in [0.3, 0.4) is 0 Å². The van der Waals surface area contributed by atoms with E-state index in [2.05, 4.69) is 4.98 Å². The van der Waals surface area contributed by atoms with Gasteiger partial charge in [-0.05, 0) is 30.7 Å². The molecule has 2 aromatic heterocycles. The number of carbonyl (C=O) groups excluding carboxylic acids is 1. The fraction of sp³-hybridized carbons (Fsp3) is 0.222. The largest absolute Gasteiger partial charge is 0.461 e. The van der Waals surface area contributed by atoms with Crippen LogP contribution in [-0.2, 0) is 17.5 Å². The summed E-state index contributed by atoms with van der Waals surface area (Å²) in [5.74, 6) is -0.593. The molecule has 0 saturated carbocycles. The third-order valence-electron chi connectivity index (χ3n) is 3.72. The van der Waals surface area contributed by atoms with E-state index < -0.39 is 17.8 Å². The maximum Gasteiger partial charge on any atom is 0.433 e. The van der Waals surface area contributed by atoms with Crippen LogP contribution in [-0.4, -0.2) is 22.1 Å². The number of aromatic nitrogens is 2. The van der Waals surface area contributed by atoms with Crippen LogP contribution in [0.4, 0.5) is 13.2 Å². The number of nitrogens with zero attached hydrogens (tertiary/aromatic N) is 2. The molecule has 3 rings (SSSR count). The van der Waals surface area contributed by atoms with Crippen molar-refractivity contribution in [1.29, 1.82) is 0 Å². The molecule has 0 spiro atoms. The number of hydrogen-bond donors (Lipinski definition) is 0. The van der Waals surface area contributed by atoms with Crippen LogP contribution in [0.15, 0.2) is 48.5 Å². The number of alkyl halides is 3. The number of esters is 1. The standard InChI is InChI=1S/C18H15F3N2O2/c1-2-25-17(24)15-10-13-14(8-9-16(22-13)18(19,20)21)23(15)11-12-6-4-3-5-7-12/h3-10H,2,11H2,1H3. The molecule has 7 heteroatoms. The molecule has 0 radical (unpaired) electrons. The maximum atomic E-state index is 12.9. The van der Waals surface area contributed by atoms with Gasteiger partial charge in [-0.3, -0.25) is 0 Å². The third-order valence-corrected chi connectivity index (χ3v) is 3.72. The van der Waals surface area contributed by atoms with Gasteiger partial charge >= 0.3 is 12.1 Å². The summed E-state index contributed by atoms with van der Waals surface area (Å²) >= 11 is 0. The predicted octanol–water partition coefficient (Wildman–Crippen LogP) is 4.28. The molecule has 0 aliphatic heterocycles. The second-order valence-electron chi connectivity index (χ2n) is 5.42. The Morgan fingerprint density at radius 2 is 1.88 bits per heavy atom. The van der Waals surface area contributed by atoms with Crippen molar-refractivity contribution in [3.8, 4) is 0 Å². The molecule has 25 heavy (non-hydrogen) atoms. The van der Waals surface area contributed by atoms with Gasteiger partial charge in [0.25, 0.3) is 0 Å². The fourth-order valence-electron chi connectivity index (χ4n) is 2.61. The Bertz CT molecular complexity index is 902. The van der Waals surface area contributed by atoms with Crippen molar-refractivity contribution in [2.45, 2.75) is 19.6 Å². The summed E-state index contributed by atoms with van der Waals surface area (Å²) in [7, 11) is 0. The van der Waals surface area contributed by atoms with Crippen molar-refractivity contribution in [3.05, 3.63) is 65.5 Å². The van der Waals surface area contributed by atoms with Gasteiger partial charge in [-0.1, -0.05) is 30.3 Å². The summed E-state index contributed by atoms with van der Waals surface area (Å²) in [6.07, 6.45) is -4.54. The second-order valence-corrected chi connectivity index (χ2v) is 5.42. The van der Waals surface area contributed by atoms with E-state index in [4.69, 9.17) is 4.74 Å². The zero-order valence-electron chi connectivity index (χ0n) is 13.4. The van der Waals surface area contributed by atoms with E-state index >= 15 is 0 Å². The summed E-state index contributed by atoms with van der Waals surface area (Å²) < 4.78 is 45.3. The number of carbonyl (C=O) groups is 1. The van der Waals surface area contributed by atoms with Crippen molar-refractivity contribution in [2.75, 3.05) is 6.61 Å². The van der Waals surface area contributed by atoms with E-state index in [-0.39, 0.29) is 17.8 Å². The number of benzene rings is 1. The monoisotopic (exact) mass is 348 g/mol. The van der Waals surface area contributed by atoms with Gasteiger partial charge in [0.15, 0.2) is 0 Å². The van der Waals surface area contributed by atoms with Crippen molar-refractivity contribution in [1.82, 2.24) is 9.55 Å². The molecule has 0 N–H and O–H groups in total. The first kappa shape index (κ1) is 17.0. The lowest BCUT2D eigenvalue weighted by Gasteiger charge is -2.11. The van der Waals surface area contributed by atoms with E-state index in [0.29, 0.717) is 12.1 Å². The van der Waals surface area contributed by atoms with Crippen molar-refractivity contribution < 1.29 is 22.7 Å². The van der Waals surface area contributed by atoms with Crippen molar-refractivity contribution >= 4 is 17.0 Å². The average Bonchev–Trinajstić information content (AvgIpc) is 2.93.